The molecule has 0 aliphatic heterocycles. The summed E-state index contributed by atoms with van der Waals surface area (Å²) >= 11 is 5.86. The number of nitrogens with zero attached hydrogens (tertiary/aromatic N) is 1. The van der Waals surface area contributed by atoms with Gasteiger partial charge in [0, 0.05) is 12.2 Å². The molecule has 0 aliphatic carbocycles. The van der Waals surface area contributed by atoms with Crippen molar-refractivity contribution < 1.29 is 14.3 Å². The first-order valence-corrected chi connectivity index (χ1v) is 6.80. The first-order valence-electron chi connectivity index (χ1n) is 6.42. The highest BCUT2D eigenvalue weighted by atomic mass is 35.5. The number of ether oxygens (including phenoxy) is 1. The number of nitrogens with one attached hydrogen (secondary N) is 2. The van der Waals surface area contributed by atoms with Crippen LogP contribution >= 0.6 is 11.6 Å². The molecule has 0 radical (unpaired) electrons. The highest BCUT2D eigenvalue weighted by molar-refractivity contribution is 6.32. The summed E-state index contributed by atoms with van der Waals surface area (Å²) in [5.74, 6) is -0.566. The molecule has 7 heteroatoms. The zero-order valence-electron chi connectivity index (χ0n) is 11.6. The van der Waals surface area contributed by atoms with Gasteiger partial charge in [0.15, 0.2) is 0 Å². The predicted molar refractivity (Wildman–Crippen MR) is 78.9 cm³/mol. The maximum atomic E-state index is 11.7. The minimum atomic E-state index is -0.302. The Balaban J connectivity index is 2.33. The Morgan fingerprint density at radius 3 is 2.81 bits per heavy atom. The maximum Gasteiger partial charge on any atom is 0.307 e. The Morgan fingerprint density at radius 1 is 1.43 bits per heavy atom. The normalized spacial score (nSPS) is 9.76. The van der Waals surface area contributed by atoms with Crippen LogP contribution in [0, 0.1) is 11.3 Å². The van der Waals surface area contributed by atoms with Crippen molar-refractivity contribution in [1.82, 2.24) is 5.32 Å². The van der Waals surface area contributed by atoms with Crippen molar-refractivity contribution in [2.24, 2.45) is 0 Å². The SMILES string of the molecule is CCOC(=O)CCNCC(=O)Nc1ccc(C#N)c(Cl)c1. The van der Waals surface area contributed by atoms with E-state index < -0.39 is 0 Å². The number of esters is 1. The minimum absolute atomic E-state index is 0.0665. The van der Waals surface area contributed by atoms with Crippen LogP contribution in [-0.4, -0.2) is 31.6 Å². The second-order valence-corrected chi connectivity index (χ2v) is 4.49. The van der Waals surface area contributed by atoms with Crippen molar-refractivity contribution in [2.45, 2.75) is 13.3 Å². The molecule has 112 valence electrons. The molecule has 6 nitrogen and oxygen atoms in total. The van der Waals surface area contributed by atoms with Gasteiger partial charge in [-0.05, 0) is 25.1 Å². The number of carbonyl (C=O) groups excluding carboxylic acids is 2. The van der Waals surface area contributed by atoms with Crippen LogP contribution in [0.15, 0.2) is 18.2 Å². The molecule has 1 amide bonds. The highest BCUT2D eigenvalue weighted by Gasteiger charge is 2.06. The molecule has 1 aromatic carbocycles. The van der Waals surface area contributed by atoms with Crippen LogP contribution in [-0.2, 0) is 14.3 Å². The number of nitriles is 1. The lowest BCUT2D eigenvalue weighted by Crippen LogP contribution is -2.29. The third-order valence-corrected chi connectivity index (χ3v) is 2.78. The van der Waals surface area contributed by atoms with E-state index in [1.165, 1.54) is 12.1 Å². The van der Waals surface area contributed by atoms with Crippen LogP contribution in [0.5, 0.6) is 0 Å². The van der Waals surface area contributed by atoms with E-state index in [2.05, 4.69) is 10.6 Å². The average Bonchev–Trinajstić information content (AvgIpc) is 2.44. The summed E-state index contributed by atoms with van der Waals surface area (Å²) in [5.41, 5.74) is 0.860. The summed E-state index contributed by atoms with van der Waals surface area (Å²) in [7, 11) is 0. The Morgan fingerprint density at radius 2 is 2.19 bits per heavy atom. The molecule has 0 fully saturated rings. The second kappa shape index (κ2) is 8.95. The predicted octanol–water partition coefficient (Wildman–Crippen LogP) is 1.69. The smallest absolute Gasteiger partial charge is 0.307 e. The fourth-order valence-electron chi connectivity index (χ4n) is 1.51. The van der Waals surface area contributed by atoms with Crippen molar-refractivity contribution in [3.05, 3.63) is 28.8 Å². The van der Waals surface area contributed by atoms with E-state index in [0.717, 1.165) is 0 Å². The van der Waals surface area contributed by atoms with Gasteiger partial charge in [-0.15, -0.1) is 0 Å². The van der Waals surface area contributed by atoms with Crippen LogP contribution in [0.25, 0.3) is 0 Å². The Labute approximate surface area is 128 Å². The van der Waals surface area contributed by atoms with Crippen molar-refractivity contribution in [1.29, 1.82) is 5.26 Å². The summed E-state index contributed by atoms with van der Waals surface area (Å²) in [5, 5.41) is 14.5. The molecule has 21 heavy (non-hydrogen) atoms. The molecule has 1 aromatic rings. The Kier molecular flexibility index (Phi) is 7.23. The van der Waals surface area contributed by atoms with Gasteiger partial charge < -0.3 is 15.4 Å². The number of carbonyl (C=O) groups is 2. The highest BCUT2D eigenvalue weighted by Crippen LogP contribution is 2.19. The molecule has 0 unspecified atom stereocenters. The van der Waals surface area contributed by atoms with Gasteiger partial charge in [-0.1, -0.05) is 11.6 Å². The van der Waals surface area contributed by atoms with Crippen molar-refractivity contribution in [3.8, 4) is 6.07 Å². The van der Waals surface area contributed by atoms with Crippen LogP contribution in [0.4, 0.5) is 5.69 Å². The van der Waals surface area contributed by atoms with Crippen molar-refractivity contribution in [2.75, 3.05) is 25.0 Å². The molecule has 1 rings (SSSR count). The standard InChI is InChI=1S/C14H16ClN3O3/c1-2-21-14(20)5-6-17-9-13(19)18-11-4-3-10(8-16)12(15)7-11/h3-4,7,17H,2,5-6,9H2,1H3,(H,18,19). The second-order valence-electron chi connectivity index (χ2n) is 4.09. The van der Waals surface area contributed by atoms with Gasteiger partial charge in [0.2, 0.25) is 5.91 Å². The van der Waals surface area contributed by atoms with Crippen LogP contribution in [0.1, 0.15) is 18.9 Å². The number of anilines is 1. The fourth-order valence-corrected chi connectivity index (χ4v) is 1.74. The molecular weight excluding hydrogens is 294 g/mol. The maximum absolute atomic E-state index is 11.7. The number of hydrogen-bond donors (Lipinski definition) is 2. The van der Waals surface area contributed by atoms with Crippen LogP contribution in [0.2, 0.25) is 5.02 Å². The minimum Gasteiger partial charge on any atom is -0.466 e. The third-order valence-electron chi connectivity index (χ3n) is 2.47. The van der Waals surface area contributed by atoms with E-state index in [1.54, 1.807) is 13.0 Å². The van der Waals surface area contributed by atoms with Gasteiger partial charge in [-0.3, -0.25) is 9.59 Å². The van der Waals surface area contributed by atoms with Gasteiger partial charge in [-0.2, -0.15) is 5.26 Å². The lowest BCUT2D eigenvalue weighted by Gasteiger charge is -2.07. The van der Waals surface area contributed by atoms with Gasteiger partial charge >= 0.3 is 5.97 Å². The lowest BCUT2D eigenvalue weighted by atomic mass is 10.2. The summed E-state index contributed by atoms with van der Waals surface area (Å²) < 4.78 is 4.76. The first kappa shape index (κ1) is 17.0. The molecule has 0 heterocycles. The molecular formula is C14H16ClN3O3. The molecule has 0 saturated carbocycles. The van der Waals surface area contributed by atoms with Crippen LogP contribution < -0.4 is 10.6 Å². The molecule has 0 atom stereocenters. The van der Waals surface area contributed by atoms with E-state index in [9.17, 15) is 9.59 Å². The monoisotopic (exact) mass is 309 g/mol. The third kappa shape index (κ3) is 6.25. The van der Waals surface area contributed by atoms with E-state index in [4.69, 9.17) is 21.6 Å². The number of hydrogen-bond acceptors (Lipinski definition) is 5. The molecule has 0 aromatic heterocycles. The average molecular weight is 310 g/mol. The van der Waals surface area contributed by atoms with Crippen LogP contribution in [0.3, 0.4) is 0 Å². The molecule has 0 bridgehead atoms. The zero-order chi connectivity index (χ0) is 15.7. The molecule has 0 spiro atoms. The van der Waals surface area contributed by atoms with Gasteiger partial charge in [0.1, 0.15) is 6.07 Å². The van der Waals surface area contributed by atoms with Gasteiger partial charge in [0.25, 0.3) is 0 Å². The fraction of sp³-hybridized carbons (Fsp3) is 0.357. The van der Waals surface area contributed by atoms with E-state index in [1.807, 2.05) is 6.07 Å². The number of halogens is 1. The molecule has 0 saturated heterocycles. The van der Waals surface area contributed by atoms with Crippen molar-refractivity contribution >= 4 is 29.2 Å². The number of rotatable bonds is 7. The summed E-state index contributed by atoms with van der Waals surface area (Å²) in [4.78, 5) is 22.7. The van der Waals surface area contributed by atoms with E-state index in [0.29, 0.717) is 24.4 Å². The summed E-state index contributed by atoms with van der Waals surface area (Å²) in [6, 6.07) is 6.58. The first-order chi connectivity index (χ1) is 10.1. The van der Waals surface area contributed by atoms with Gasteiger partial charge in [0.05, 0.1) is 30.2 Å². The number of amides is 1. The Hall–Kier alpha value is -2.10. The van der Waals surface area contributed by atoms with E-state index >= 15 is 0 Å². The largest absolute Gasteiger partial charge is 0.466 e. The van der Waals surface area contributed by atoms with Gasteiger partial charge in [-0.25, -0.2) is 0 Å². The topological polar surface area (TPSA) is 91.2 Å². The Bertz CT molecular complexity index is 555. The quantitative estimate of drug-likeness (QED) is 0.591. The molecule has 2 N–H and O–H groups in total. The number of benzene rings is 1. The zero-order valence-corrected chi connectivity index (χ0v) is 12.4. The molecule has 0 aliphatic rings. The lowest BCUT2D eigenvalue weighted by molar-refractivity contribution is -0.143. The van der Waals surface area contributed by atoms with Crippen molar-refractivity contribution in [3.63, 3.8) is 0 Å². The summed E-state index contributed by atoms with van der Waals surface area (Å²) in [6.07, 6.45) is 0.212. The summed E-state index contributed by atoms with van der Waals surface area (Å²) in [6.45, 7) is 2.51. The van der Waals surface area contributed by atoms with E-state index in [-0.39, 0.29) is 29.9 Å².